The maximum atomic E-state index is 13.8. The van der Waals surface area contributed by atoms with E-state index in [1.54, 1.807) is 36.5 Å². The fourth-order valence-electron chi connectivity index (χ4n) is 7.40. The number of hydrogen-bond donors (Lipinski definition) is 1. The molecule has 0 bridgehead atoms. The summed E-state index contributed by atoms with van der Waals surface area (Å²) in [6.45, 7) is 6.60. The normalized spacial score (nSPS) is 18.4. The fourth-order valence-corrected chi connectivity index (χ4v) is 7.40. The number of carbonyl (C=O) groups is 2. The fraction of sp³-hybridized carbons (Fsp3) is 0.400. The molecule has 1 aliphatic carbocycles. The third-order valence-electron chi connectivity index (χ3n) is 10.1. The molecule has 12 nitrogen and oxygen atoms in total. The van der Waals surface area contributed by atoms with Crippen molar-refractivity contribution in [2.75, 3.05) is 61.1 Å². The molecule has 2 saturated heterocycles. The molecule has 0 spiro atoms. The van der Waals surface area contributed by atoms with E-state index in [1.807, 2.05) is 24.4 Å². The Kier molecular flexibility index (Phi) is 7.61. The van der Waals surface area contributed by atoms with Crippen LogP contribution >= 0.6 is 0 Å². The maximum absolute atomic E-state index is 13.8. The molecule has 1 amide bonds. The quantitative estimate of drug-likeness (QED) is 0.306. The van der Waals surface area contributed by atoms with Gasteiger partial charge in [-0.15, -0.1) is 0 Å². The number of ether oxygens (including phenoxy) is 1. The average molecular weight is 635 g/mol. The van der Waals surface area contributed by atoms with Gasteiger partial charge in [0, 0.05) is 70.0 Å². The third kappa shape index (κ3) is 5.31. The predicted octanol–water partition coefficient (Wildman–Crippen LogP) is 3.26. The highest BCUT2D eigenvalue weighted by Crippen LogP contribution is 2.34. The highest BCUT2D eigenvalue weighted by atomic mass is 16.5. The first kappa shape index (κ1) is 29.6. The summed E-state index contributed by atoms with van der Waals surface area (Å²) in [6.07, 6.45) is 10.2. The zero-order valence-corrected chi connectivity index (χ0v) is 26.5. The second-order valence-electron chi connectivity index (χ2n) is 12.8. The van der Waals surface area contributed by atoms with Crippen LogP contribution < -0.4 is 20.7 Å². The molecule has 0 atom stereocenters. The molecule has 0 radical (unpaired) electrons. The summed E-state index contributed by atoms with van der Waals surface area (Å²) in [5, 5.41) is 3.19. The number of anilines is 4. The Labute approximate surface area is 272 Å². The molecule has 8 rings (SSSR count). The number of piperazine rings is 1. The minimum atomic E-state index is -0.228. The molecule has 3 aliphatic heterocycles. The summed E-state index contributed by atoms with van der Waals surface area (Å²) >= 11 is 0. The Bertz CT molecular complexity index is 1900. The number of pyridine rings is 3. The first-order valence-electron chi connectivity index (χ1n) is 16.5. The maximum Gasteiger partial charge on any atom is 0.276 e. The van der Waals surface area contributed by atoms with Crippen molar-refractivity contribution in [3.8, 4) is 11.1 Å². The largest absolute Gasteiger partial charge is 0.378 e. The average Bonchev–Trinajstić information content (AvgIpc) is 3.46. The molecule has 12 heteroatoms. The topological polar surface area (TPSA) is 118 Å². The van der Waals surface area contributed by atoms with Gasteiger partial charge in [0.05, 0.1) is 36.7 Å². The van der Waals surface area contributed by atoms with Crippen molar-refractivity contribution in [2.24, 2.45) is 7.05 Å². The van der Waals surface area contributed by atoms with Gasteiger partial charge in [0.25, 0.3) is 11.5 Å². The molecule has 0 aromatic carbocycles. The molecule has 1 N–H and O–H groups in total. The van der Waals surface area contributed by atoms with E-state index in [-0.39, 0.29) is 11.5 Å². The van der Waals surface area contributed by atoms with Crippen LogP contribution in [0.25, 0.3) is 11.1 Å². The Balaban J connectivity index is 1.04. The summed E-state index contributed by atoms with van der Waals surface area (Å²) in [7, 11) is 1.68. The third-order valence-corrected chi connectivity index (χ3v) is 10.1. The Morgan fingerprint density at radius 2 is 1.79 bits per heavy atom. The SMILES string of the molecule is Cn1cc(-c2ccnc(N3CCn4c(cc5c4CCCC5)C3=O)c2C=O)cc(Nc2ccc(N3CCN(C4COC4)CC3)cn2)c1=O. The van der Waals surface area contributed by atoms with Gasteiger partial charge in [0.2, 0.25) is 0 Å². The summed E-state index contributed by atoms with van der Waals surface area (Å²) in [6, 6.07) is 9.94. The number of fused-ring (bicyclic) bond motifs is 3. The van der Waals surface area contributed by atoms with E-state index >= 15 is 0 Å². The van der Waals surface area contributed by atoms with E-state index in [0.29, 0.717) is 58.8 Å². The van der Waals surface area contributed by atoms with Crippen LogP contribution in [0.3, 0.4) is 0 Å². The Hall–Kier alpha value is -4.81. The number of amides is 1. The predicted molar refractivity (Wildman–Crippen MR) is 179 cm³/mol. The van der Waals surface area contributed by atoms with Crippen LogP contribution in [0.5, 0.6) is 0 Å². The minimum Gasteiger partial charge on any atom is -0.378 e. The number of rotatable bonds is 7. The number of aldehydes is 1. The molecule has 2 fully saturated rings. The molecule has 47 heavy (non-hydrogen) atoms. The minimum absolute atomic E-state index is 0.148. The number of carbonyl (C=O) groups excluding carboxylic acids is 2. The van der Waals surface area contributed by atoms with Gasteiger partial charge in [-0.2, -0.15) is 0 Å². The molecule has 4 aliphatic rings. The van der Waals surface area contributed by atoms with Crippen LogP contribution in [0, 0.1) is 0 Å². The molecule has 0 unspecified atom stereocenters. The van der Waals surface area contributed by atoms with Crippen molar-refractivity contribution < 1.29 is 14.3 Å². The monoisotopic (exact) mass is 634 g/mol. The highest BCUT2D eigenvalue weighted by Gasteiger charge is 2.33. The van der Waals surface area contributed by atoms with E-state index in [4.69, 9.17) is 4.74 Å². The second kappa shape index (κ2) is 12.1. The standard InChI is InChI=1S/C35H38N8O4/c1-39-19-24(16-29(34(39)45)38-32-7-6-25(18-37-32)40-10-12-41(13-11-40)26-21-47-22-26)27-8-9-36-33(28(27)20-44)43-15-14-42-30-5-3-2-4-23(30)17-31(42)35(43)46/h6-9,16-20,26H,2-5,10-15,21-22H2,1H3,(H,37,38). The molecular formula is C35H38N8O4. The van der Waals surface area contributed by atoms with E-state index in [0.717, 1.165) is 77.0 Å². The van der Waals surface area contributed by atoms with E-state index in [2.05, 4.69) is 29.7 Å². The lowest BCUT2D eigenvalue weighted by molar-refractivity contribution is -0.0660. The van der Waals surface area contributed by atoms with Gasteiger partial charge in [-0.05, 0) is 67.1 Å². The summed E-state index contributed by atoms with van der Waals surface area (Å²) in [5.41, 5.74) is 5.87. The van der Waals surface area contributed by atoms with Gasteiger partial charge in [0.15, 0.2) is 6.29 Å². The van der Waals surface area contributed by atoms with Gasteiger partial charge in [0.1, 0.15) is 23.0 Å². The van der Waals surface area contributed by atoms with Crippen LogP contribution in [0.15, 0.2) is 53.7 Å². The highest BCUT2D eigenvalue weighted by molar-refractivity contribution is 6.08. The van der Waals surface area contributed by atoms with Crippen molar-refractivity contribution in [3.05, 3.63) is 81.8 Å². The van der Waals surface area contributed by atoms with Gasteiger partial charge in [-0.3, -0.25) is 24.2 Å². The molecular weight excluding hydrogens is 596 g/mol. The zero-order valence-electron chi connectivity index (χ0n) is 26.5. The smallest absolute Gasteiger partial charge is 0.276 e. The van der Waals surface area contributed by atoms with E-state index < -0.39 is 0 Å². The van der Waals surface area contributed by atoms with Gasteiger partial charge in [-0.25, -0.2) is 9.97 Å². The van der Waals surface area contributed by atoms with Crippen LogP contribution in [-0.2, 0) is 31.2 Å². The lowest BCUT2D eigenvalue weighted by atomic mass is 9.98. The van der Waals surface area contributed by atoms with Crippen molar-refractivity contribution in [2.45, 2.75) is 38.3 Å². The molecule has 242 valence electrons. The second-order valence-corrected chi connectivity index (χ2v) is 12.8. The van der Waals surface area contributed by atoms with Crippen LogP contribution in [0.2, 0.25) is 0 Å². The van der Waals surface area contributed by atoms with Crippen molar-refractivity contribution in [1.82, 2.24) is 24.0 Å². The van der Waals surface area contributed by atoms with Crippen molar-refractivity contribution in [1.29, 1.82) is 0 Å². The Morgan fingerprint density at radius 1 is 0.957 bits per heavy atom. The molecule has 7 heterocycles. The number of aryl methyl sites for hydroxylation is 2. The summed E-state index contributed by atoms with van der Waals surface area (Å²) < 4.78 is 8.98. The molecule has 0 saturated carbocycles. The van der Waals surface area contributed by atoms with Crippen LogP contribution in [-0.4, -0.2) is 88.2 Å². The number of aromatic nitrogens is 4. The van der Waals surface area contributed by atoms with Gasteiger partial charge in [-0.1, -0.05) is 0 Å². The Morgan fingerprint density at radius 3 is 2.53 bits per heavy atom. The summed E-state index contributed by atoms with van der Waals surface area (Å²) in [4.78, 5) is 55.2. The molecule has 4 aromatic heterocycles. The van der Waals surface area contributed by atoms with Crippen molar-refractivity contribution >= 4 is 35.2 Å². The number of nitrogens with one attached hydrogen (secondary N) is 1. The van der Waals surface area contributed by atoms with E-state index in [1.165, 1.54) is 15.8 Å². The zero-order chi connectivity index (χ0) is 32.1. The molecule has 4 aromatic rings. The lowest BCUT2D eigenvalue weighted by Gasteiger charge is -2.43. The van der Waals surface area contributed by atoms with Crippen LogP contribution in [0.1, 0.15) is 44.9 Å². The van der Waals surface area contributed by atoms with Crippen LogP contribution in [0.4, 0.5) is 23.0 Å². The number of hydrogen-bond acceptors (Lipinski definition) is 9. The van der Waals surface area contributed by atoms with E-state index in [9.17, 15) is 14.4 Å². The first-order chi connectivity index (χ1) is 23.0. The summed E-state index contributed by atoms with van der Waals surface area (Å²) in [5.74, 6) is 0.727. The lowest BCUT2D eigenvalue weighted by Crippen LogP contribution is -2.56. The van der Waals surface area contributed by atoms with Gasteiger partial charge < -0.3 is 24.1 Å². The van der Waals surface area contributed by atoms with Gasteiger partial charge >= 0.3 is 0 Å². The van der Waals surface area contributed by atoms with Crippen molar-refractivity contribution in [3.63, 3.8) is 0 Å². The number of nitrogens with zero attached hydrogens (tertiary/aromatic N) is 7. The first-order valence-corrected chi connectivity index (χ1v) is 16.5.